The summed E-state index contributed by atoms with van der Waals surface area (Å²) in [4.78, 5) is 4.73. The standard InChI is InChI=1S/C23H31N3O3/c1-3-24-22(26-17-23(11-12-23)19-7-5-4-6-8-19)25-16-18-9-10-20(29-14-13-27)21(15-18)28-2/h4-10,15,27H,3,11-14,16-17H2,1-2H3,(H2,24,25,26). The molecule has 0 aliphatic heterocycles. The van der Waals surface area contributed by atoms with Crippen molar-refractivity contribution in [3.63, 3.8) is 0 Å². The van der Waals surface area contributed by atoms with Crippen molar-refractivity contribution in [2.24, 2.45) is 4.99 Å². The average molecular weight is 398 g/mol. The van der Waals surface area contributed by atoms with Gasteiger partial charge in [0.25, 0.3) is 0 Å². The fraction of sp³-hybridized carbons (Fsp3) is 0.435. The van der Waals surface area contributed by atoms with Crippen molar-refractivity contribution in [3.05, 3.63) is 59.7 Å². The Kier molecular flexibility index (Phi) is 7.36. The van der Waals surface area contributed by atoms with E-state index in [2.05, 4.69) is 47.9 Å². The van der Waals surface area contributed by atoms with Crippen LogP contribution in [0.5, 0.6) is 11.5 Å². The molecule has 29 heavy (non-hydrogen) atoms. The summed E-state index contributed by atoms with van der Waals surface area (Å²) in [6.07, 6.45) is 2.41. The summed E-state index contributed by atoms with van der Waals surface area (Å²) in [7, 11) is 1.61. The van der Waals surface area contributed by atoms with Crippen LogP contribution in [0.2, 0.25) is 0 Å². The maximum atomic E-state index is 8.93. The molecule has 2 aromatic rings. The molecule has 6 heteroatoms. The van der Waals surface area contributed by atoms with E-state index in [4.69, 9.17) is 19.6 Å². The van der Waals surface area contributed by atoms with E-state index in [0.29, 0.717) is 18.0 Å². The van der Waals surface area contributed by atoms with Crippen LogP contribution < -0.4 is 20.1 Å². The Morgan fingerprint density at radius 1 is 1.10 bits per heavy atom. The second-order valence-electron chi connectivity index (χ2n) is 7.25. The molecule has 1 aliphatic rings. The van der Waals surface area contributed by atoms with Crippen molar-refractivity contribution < 1.29 is 14.6 Å². The van der Waals surface area contributed by atoms with E-state index in [1.807, 2.05) is 18.2 Å². The molecule has 0 radical (unpaired) electrons. The summed E-state index contributed by atoms with van der Waals surface area (Å²) < 4.78 is 10.9. The maximum absolute atomic E-state index is 8.93. The molecule has 156 valence electrons. The van der Waals surface area contributed by atoms with Gasteiger partial charge in [0.05, 0.1) is 20.3 Å². The smallest absolute Gasteiger partial charge is 0.191 e. The van der Waals surface area contributed by atoms with Gasteiger partial charge >= 0.3 is 0 Å². The highest BCUT2D eigenvalue weighted by atomic mass is 16.5. The molecule has 3 N–H and O–H groups in total. The van der Waals surface area contributed by atoms with E-state index in [-0.39, 0.29) is 18.6 Å². The molecule has 3 rings (SSSR count). The highest BCUT2D eigenvalue weighted by Crippen LogP contribution is 2.47. The summed E-state index contributed by atoms with van der Waals surface area (Å²) >= 11 is 0. The highest BCUT2D eigenvalue weighted by molar-refractivity contribution is 5.80. The third-order valence-electron chi connectivity index (χ3n) is 5.17. The zero-order valence-corrected chi connectivity index (χ0v) is 17.3. The van der Waals surface area contributed by atoms with Crippen molar-refractivity contribution >= 4 is 5.96 Å². The zero-order chi connectivity index (χ0) is 20.5. The molecular weight excluding hydrogens is 366 g/mol. The van der Waals surface area contributed by atoms with Crippen LogP contribution in [-0.2, 0) is 12.0 Å². The van der Waals surface area contributed by atoms with Crippen molar-refractivity contribution in [2.75, 3.05) is 33.4 Å². The first-order valence-electron chi connectivity index (χ1n) is 10.2. The van der Waals surface area contributed by atoms with Crippen LogP contribution >= 0.6 is 0 Å². The van der Waals surface area contributed by atoms with Gasteiger partial charge in [0.1, 0.15) is 6.61 Å². The first-order valence-corrected chi connectivity index (χ1v) is 10.2. The molecule has 1 fully saturated rings. The van der Waals surface area contributed by atoms with Crippen molar-refractivity contribution in [1.82, 2.24) is 10.6 Å². The Morgan fingerprint density at radius 2 is 1.90 bits per heavy atom. The number of methoxy groups -OCH3 is 1. The van der Waals surface area contributed by atoms with Gasteiger partial charge in [-0.25, -0.2) is 4.99 Å². The molecule has 0 spiro atoms. The van der Waals surface area contributed by atoms with Gasteiger partial charge in [0, 0.05) is 18.5 Å². The van der Waals surface area contributed by atoms with E-state index in [1.165, 1.54) is 18.4 Å². The minimum Gasteiger partial charge on any atom is -0.493 e. The van der Waals surface area contributed by atoms with Gasteiger partial charge in [-0.05, 0) is 43.0 Å². The van der Waals surface area contributed by atoms with E-state index in [1.54, 1.807) is 7.11 Å². The predicted octanol–water partition coefficient (Wildman–Crippen LogP) is 2.85. The van der Waals surface area contributed by atoms with Crippen LogP contribution in [-0.4, -0.2) is 44.5 Å². The third kappa shape index (κ3) is 5.64. The second kappa shape index (κ2) is 10.2. The van der Waals surface area contributed by atoms with Gasteiger partial charge in [0.2, 0.25) is 0 Å². The first-order chi connectivity index (χ1) is 14.2. The number of rotatable bonds is 10. The Balaban J connectivity index is 1.63. The largest absolute Gasteiger partial charge is 0.493 e. The van der Waals surface area contributed by atoms with Crippen LogP contribution in [0.15, 0.2) is 53.5 Å². The number of nitrogens with one attached hydrogen (secondary N) is 2. The second-order valence-corrected chi connectivity index (χ2v) is 7.25. The molecule has 1 saturated carbocycles. The Morgan fingerprint density at radius 3 is 2.55 bits per heavy atom. The van der Waals surface area contributed by atoms with Crippen molar-refractivity contribution in [2.45, 2.75) is 31.7 Å². The summed E-state index contributed by atoms with van der Waals surface area (Å²) in [6.45, 7) is 4.49. The van der Waals surface area contributed by atoms with Crippen LogP contribution in [0.3, 0.4) is 0 Å². The quantitative estimate of drug-likeness (QED) is 0.425. The molecule has 0 bridgehead atoms. The Bertz CT molecular complexity index is 804. The monoisotopic (exact) mass is 397 g/mol. The molecule has 2 aromatic carbocycles. The van der Waals surface area contributed by atoms with E-state index < -0.39 is 0 Å². The lowest BCUT2D eigenvalue weighted by Gasteiger charge is -2.19. The fourth-order valence-corrected chi connectivity index (χ4v) is 3.36. The summed E-state index contributed by atoms with van der Waals surface area (Å²) in [6, 6.07) is 16.4. The number of benzene rings is 2. The number of ether oxygens (including phenoxy) is 2. The van der Waals surface area contributed by atoms with E-state index >= 15 is 0 Å². The fourth-order valence-electron chi connectivity index (χ4n) is 3.36. The predicted molar refractivity (Wildman–Crippen MR) is 116 cm³/mol. The van der Waals surface area contributed by atoms with Crippen molar-refractivity contribution in [3.8, 4) is 11.5 Å². The molecule has 6 nitrogen and oxygen atoms in total. The lowest BCUT2D eigenvalue weighted by Crippen LogP contribution is -2.41. The van der Waals surface area contributed by atoms with Crippen molar-refractivity contribution in [1.29, 1.82) is 0 Å². The Labute approximate surface area is 173 Å². The van der Waals surface area contributed by atoms with Gasteiger partial charge in [-0.3, -0.25) is 0 Å². The van der Waals surface area contributed by atoms with Gasteiger partial charge in [-0.15, -0.1) is 0 Å². The zero-order valence-electron chi connectivity index (χ0n) is 17.3. The lowest BCUT2D eigenvalue weighted by atomic mass is 9.96. The Hall–Kier alpha value is -2.73. The van der Waals surface area contributed by atoms with E-state index in [0.717, 1.165) is 24.6 Å². The third-order valence-corrected chi connectivity index (χ3v) is 5.17. The molecule has 0 amide bonds. The molecule has 0 saturated heterocycles. The van der Waals surface area contributed by atoms with Crippen LogP contribution in [0.1, 0.15) is 30.9 Å². The lowest BCUT2D eigenvalue weighted by molar-refractivity contribution is 0.196. The maximum Gasteiger partial charge on any atom is 0.191 e. The molecule has 0 atom stereocenters. The number of hydrogen-bond acceptors (Lipinski definition) is 4. The van der Waals surface area contributed by atoms with Gasteiger partial charge in [0.15, 0.2) is 17.5 Å². The average Bonchev–Trinajstić information content (AvgIpc) is 3.56. The van der Waals surface area contributed by atoms with Crippen LogP contribution in [0.4, 0.5) is 0 Å². The number of aliphatic imine (C=N–C) groups is 1. The number of aliphatic hydroxyl groups excluding tert-OH is 1. The molecule has 1 aliphatic carbocycles. The number of guanidine groups is 1. The van der Waals surface area contributed by atoms with E-state index in [9.17, 15) is 0 Å². The number of nitrogens with zero attached hydrogens (tertiary/aromatic N) is 1. The SMILES string of the molecule is CCNC(=NCc1ccc(OCCO)c(OC)c1)NCC1(c2ccccc2)CC1. The summed E-state index contributed by atoms with van der Waals surface area (Å²) in [5.74, 6) is 2.08. The van der Waals surface area contributed by atoms with Gasteiger partial charge < -0.3 is 25.2 Å². The van der Waals surface area contributed by atoms with Gasteiger partial charge in [-0.1, -0.05) is 36.4 Å². The van der Waals surface area contributed by atoms with Gasteiger partial charge in [-0.2, -0.15) is 0 Å². The van der Waals surface area contributed by atoms with Crippen LogP contribution in [0.25, 0.3) is 0 Å². The minimum atomic E-state index is -0.0304. The first kappa shape index (κ1) is 21.0. The minimum absolute atomic E-state index is 0.0304. The summed E-state index contributed by atoms with van der Waals surface area (Å²) in [5.41, 5.74) is 2.65. The van der Waals surface area contributed by atoms with Crippen LogP contribution in [0, 0.1) is 0 Å². The normalized spacial score (nSPS) is 14.9. The molecule has 0 aromatic heterocycles. The number of aliphatic hydroxyl groups is 1. The molecule has 0 unspecified atom stereocenters. The topological polar surface area (TPSA) is 75.1 Å². The highest BCUT2D eigenvalue weighted by Gasteiger charge is 2.43. The summed E-state index contributed by atoms with van der Waals surface area (Å²) in [5, 5.41) is 15.8. The molecule has 0 heterocycles. The molecular formula is C23H31N3O3. The number of hydrogen-bond donors (Lipinski definition) is 3.